The summed E-state index contributed by atoms with van der Waals surface area (Å²) in [5.41, 5.74) is 0. The molecule has 0 saturated carbocycles. The molecule has 1 rings (SSSR count). The van der Waals surface area contributed by atoms with E-state index in [-0.39, 0.29) is 0 Å². The molecule has 1 N–H and O–H groups in total. The number of unbranched alkanes of at least 4 members (excludes halogenated alkanes) is 9. The third kappa shape index (κ3) is 7.73. The lowest BCUT2D eigenvalue weighted by molar-refractivity contribution is 0.558. The highest BCUT2D eigenvalue weighted by Gasteiger charge is 2.10. The summed E-state index contributed by atoms with van der Waals surface area (Å²) in [5.74, 6) is 1.25. The minimum Gasteiger partial charge on any atom is -0.370 e. The topological polar surface area (TPSA) is 24.4 Å². The summed E-state index contributed by atoms with van der Waals surface area (Å²) in [5, 5.41) is 3.43. The number of rotatable bonds is 11. The van der Waals surface area contributed by atoms with Crippen LogP contribution in [0.25, 0.3) is 0 Å². The second-order valence-electron chi connectivity index (χ2n) is 5.76. The molecule has 2 heteroatoms. The van der Waals surface area contributed by atoms with Crippen LogP contribution in [0.2, 0.25) is 0 Å². The van der Waals surface area contributed by atoms with E-state index in [2.05, 4.69) is 24.2 Å². The highest BCUT2D eigenvalue weighted by Crippen LogP contribution is 2.12. The predicted molar refractivity (Wildman–Crippen MR) is 81.4 cm³/mol. The van der Waals surface area contributed by atoms with Crippen molar-refractivity contribution in [2.75, 3.05) is 6.54 Å². The summed E-state index contributed by atoms with van der Waals surface area (Å²) in [7, 11) is 0. The molecular formula is C16H32N2. The van der Waals surface area contributed by atoms with E-state index in [4.69, 9.17) is 0 Å². The number of amidine groups is 1. The van der Waals surface area contributed by atoms with Crippen molar-refractivity contribution in [1.29, 1.82) is 0 Å². The van der Waals surface area contributed by atoms with Crippen molar-refractivity contribution in [2.45, 2.75) is 90.5 Å². The molecule has 1 aliphatic rings. The summed E-state index contributed by atoms with van der Waals surface area (Å²) < 4.78 is 0. The van der Waals surface area contributed by atoms with Crippen LogP contribution in [0.4, 0.5) is 0 Å². The fourth-order valence-electron chi connectivity index (χ4n) is 2.55. The molecule has 1 aliphatic heterocycles. The minimum absolute atomic E-state index is 0.572. The van der Waals surface area contributed by atoms with Crippen LogP contribution in [0.1, 0.15) is 84.5 Å². The van der Waals surface area contributed by atoms with Gasteiger partial charge in [0, 0.05) is 12.5 Å². The average molecular weight is 252 g/mol. The van der Waals surface area contributed by atoms with Crippen molar-refractivity contribution in [3.8, 4) is 0 Å². The Labute approximate surface area is 114 Å². The molecule has 0 amide bonds. The van der Waals surface area contributed by atoms with E-state index < -0.39 is 0 Å². The van der Waals surface area contributed by atoms with Crippen molar-refractivity contribution in [2.24, 2.45) is 4.99 Å². The molecule has 0 aliphatic carbocycles. The molecule has 0 aromatic heterocycles. The van der Waals surface area contributed by atoms with Crippen molar-refractivity contribution < 1.29 is 0 Å². The van der Waals surface area contributed by atoms with Crippen LogP contribution in [0.3, 0.4) is 0 Å². The zero-order valence-electron chi connectivity index (χ0n) is 12.5. The Morgan fingerprint density at radius 1 is 0.944 bits per heavy atom. The Kier molecular flexibility index (Phi) is 8.97. The lowest BCUT2D eigenvalue weighted by Crippen LogP contribution is -2.26. The van der Waals surface area contributed by atoms with Crippen molar-refractivity contribution in [3.05, 3.63) is 0 Å². The maximum atomic E-state index is 4.50. The van der Waals surface area contributed by atoms with Gasteiger partial charge in [-0.15, -0.1) is 0 Å². The molecule has 1 atom stereocenters. The van der Waals surface area contributed by atoms with E-state index in [1.54, 1.807) is 0 Å². The standard InChI is InChI=1S/C16H32N2/c1-3-4-5-6-7-8-9-10-11-12-13-16-17-14-15(2)18-16/h15H,3-14H2,1-2H3,(H,17,18). The summed E-state index contributed by atoms with van der Waals surface area (Å²) in [6.07, 6.45) is 15.3. The minimum atomic E-state index is 0.572. The fraction of sp³-hybridized carbons (Fsp3) is 0.938. The lowest BCUT2D eigenvalue weighted by atomic mass is 10.1. The van der Waals surface area contributed by atoms with Crippen LogP contribution in [0, 0.1) is 0 Å². The Bertz CT molecular complexity index is 223. The molecule has 0 saturated heterocycles. The molecule has 0 radical (unpaired) electrons. The molecule has 2 nitrogen and oxygen atoms in total. The Morgan fingerprint density at radius 3 is 2.00 bits per heavy atom. The van der Waals surface area contributed by atoms with Crippen LogP contribution in [-0.4, -0.2) is 18.4 Å². The molecule has 1 heterocycles. The van der Waals surface area contributed by atoms with E-state index in [1.807, 2.05) is 0 Å². The number of aliphatic imine (C=N–C) groups is 1. The van der Waals surface area contributed by atoms with E-state index in [0.29, 0.717) is 6.04 Å². The van der Waals surface area contributed by atoms with Gasteiger partial charge in [0.1, 0.15) is 0 Å². The normalized spacial score (nSPS) is 18.8. The van der Waals surface area contributed by atoms with Gasteiger partial charge in [-0.25, -0.2) is 0 Å². The first-order chi connectivity index (χ1) is 8.83. The quantitative estimate of drug-likeness (QED) is 0.530. The average Bonchev–Trinajstić information content (AvgIpc) is 2.77. The lowest BCUT2D eigenvalue weighted by Gasteiger charge is -2.05. The Morgan fingerprint density at radius 2 is 1.50 bits per heavy atom. The molecule has 0 aromatic rings. The third-order valence-corrected chi connectivity index (χ3v) is 3.74. The van der Waals surface area contributed by atoms with E-state index >= 15 is 0 Å². The number of hydrogen-bond donors (Lipinski definition) is 1. The van der Waals surface area contributed by atoms with Crippen molar-refractivity contribution >= 4 is 5.84 Å². The number of nitrogens with zero attached hydrogens (tertiary/aromatic N) is 1. The van der Waals surface area contributed by atoms with Crippen LogP contribution in [0.5, 0.6) is 0 Å². The van der Waals surface area contributed by atoms with Crippen LogP contribution < -0.4 is 5.32 Å². The highest BCUT2D eigenvalue weighted by atomic mass is 15.1. The zero-order chi connectivity index (χ0) is 13.1. The summed E-state index contributed by atoms with van der Waals surface area (Å²) >= 11 is 0. The molecule has 18 heavy (non-hydrogen) atoms. The van der Waals surface area contributed by atoms with Crippen LogP contribution in [0.15, 0.2) is 4.99 Å². The SMILES string of the molecule is CCCCCCCCCCCCC1=NCC(C)N1. The first-order valence-electron chi connectivity index (χ1n) is 8.12. The smallest absolute Gasteiger partial charge is 0.0966 e. The van der Waals surface area contributed by atoms with Crippen molar-refractivity contribution in [3.63, 3.8) is 0 Å². The molecule has 1 unspecified atom stereocenters. The van der Waals surface area contributed by atoms with Gasteiger partial charge in [-0.1, -0.05) is 64.7 Å². The summed E-state index contributed by atoms with van der Waals surface area (Å²) in [4.78, 5) is 4.50. The molecule has 106 valence electrons. The van der Waals surface area contributed by atoms with E-state index in [0.717, 1.165) is 6.54 Å². The first kappa shape index (κ1) is 15.5. The molecule has 0 fully saturated rings. The largest absolute Gasteiger partial charge is 0.370 e. The second-order valence-corrected chi connectivity index (χ2v) is 5.76. The molecular weight excluding hydrogens is 220 g/mol. The first-order valence-corrected chi connectivity index (χ1v) is 8.12. The Balaban J connectivity index is 1.76. The summed E-state index contributed by atoms with van der Waals surface area (Å²) in [6.45, 7) is 5.46. The van der Waals surface area contributed by atoms with Gasteiger partial charge in [-0.05, 0) is 13.3 Å². The van der Waals surface area contributed by atoms with Gasteiger partial charge in [0.15, 0.2) is 0 Å². The monoisotopic (exact) mass is 252 g/mol. The number of nitrogens with one attached hydrogen (secondary N) is 1. The van der Waals surface area contributed by atoms with Gasteiger partial charge in [-0.3, -0.25) is 4.99 Å². The highest BCUT2D eigenvalue weighted by molar-refractivity contribution is 5.83. The van der Waals surface area contributed by atoms with Gasteiger partial charge in [0.25, 0.3) is 0 Å². The van der Waals surface area contributed by atoms with Crippen molar-refractivity contribution in [1.82, 2.24) is 5.32 Å². The van der Waals surface area contributed by atoms with Gasteiger partial charge >= 0.3 is 0 Å². The van der Waals surface area contributed by atoms with Gasteiger partial charge < -0.3 is 5.32 Å². The van der Waals surface area contributed by atoms with Crippen LogP contribution >= 0.6 is 0 Å². The molecule has 0 spiro atoms. The van der Waals surface area contributed by atoms with E-state index in [9.17, 15) is 0 Å². The maximum absolute atomic E-state index is 4.50. The van der Waals surface area contributed by atoms with Gasteiger partial charge in [0.2, 0.25) is 0 Å². The third-order valence-electron chi connectivity index (χ3n) is 3.74. The van der Waals surface area contributed by atoms with Crippen LogP contribution in [-0.2, 0) is 0 Å². The maximum Gasteiger partial charge on any atom is 0.0966 e. The summed E-state index contributed by atoms with van der Waals surface area (Å²) in [6, 6.07) is 0.572. The molecule has 0 aromatic carbocycles. The Hall–Kier alpha value is -0.530. The predicted octanol–water partition coefficient (Wildman–Crippen LogP) is 4.69. The molecule has 0 bridgehead atoms. The fourth-order valence-corrected chi connectivity index (χ4v) is 2.55. The number of hydrogen-bond acceptors (Lipinski definition) is 2. The van der Waals surface area contributed by atoms with Gasteiger partial charge in [0.05, 0.1) is 12.4 Å². The zero-order valence-corrected chi connectivity index (χ0v) is 12.5. The van der Waals surface area contributed by atoms with Gasteiger partial charge in [-0.2, -0.15) is 0 Å². The second kappa shape index (κ2) is 10.4. The van der Waals surface area contributed by atoms with E-state index in [1.165, 1.54) is 76.5 Å².